The van der Waals surface area contributed by atoms with Gasteiger partial charge in [0.15, 0.2) is 5.82 Å². The average Bonchev–Trinajstić information content (AvgIpc) is 2.55. The lowest BCUT2D eigenvalue weighted by molar-refractivity contribution is 0.0915. The maximum absolute atomic E-state index is 11.9. The standard InChI is InChI=1S/C15H18N4O2/c1-2-8-21-9-7-17-15(20)13-10-18-14(19-11-13)12-3-5-16-6-4-12/h3-6,10-11H,2,7-9H2,1H3,(H,17,20). The van der Waals surface area contributed by atoms with Crippen molar-refractivity contribution in [2.45, 2.75) is 13.3 Å². The average molecular weight is 286 g/mol. The van der Waals surface area contributed by atoms with Gasteiger partial charge in [-0.1, -0.05) is 6.92 Å². The van der Waals surface area contributed by atoms with Crippen LogP contribution in [0, 0.1) is 0 Å². The number of pyridine rings is 1. The van der Waals surface area contributed by atoms with E-state index in [-0.39, 0.29) is 5.91 Å². The molecule has 2 aromatic rings. The molecule has 0 unspecified atom stereocenters. The van der Waals surface area contributed by atoms with E-state index in [2.05, 4.69) is 20.3 Å². The van der Waals surface area contributed by atoms with Crippen molar-refractivity contribution in [1.29, 1.82) is 0 Å². The zero-order chi connectivity index (χ0) is 14.9. The van der Waals surface area contributed by atoms with E-state index in [0.717, 1.165) is 12.0 Å². The zero-order valence-electron chi connectivity index (χ0n) is 12.0. The molecule has 0 saturated carbocycles. The molecule has 0 aliphatic rings. The van der Waals surface area contributed by atoms with E-state index < -0.39 is 0 Å². The zero-order valence-corrected chi connectivity index (χ0v) is 12.0. The molecular formula is C15H18N4O2. The molecule has 21 heavy (non-hydrogen) atoms. The molecule has 1 amide bonds. The van der Waals surface area contributed by atoms with Gasteiger partial charge in [0, 0.05) is 43.5 Å². The maximum atomic E-state index is 11.9. The van der Waals surface area contributed by atoms with E-state index in [1.165, 1.54) is 12.4 Å². The minimum absolute atomic E-state index is 0.198. The summed E-state index contributed by atoms with van der Waals surface area (Å²) in [5, 5.41) is 2.76. The van der Waals surface area contributed by atoms with Gasteiger partial charge in [-0.2, -0.15) is 0 Å². The van der Waals surface area contributed by atoms with Crippen LogP contribution in [0.2, 0.25) is 0 Å². The molecule has 0 aliphatic heterocycles. The summed E-state index contributed by atoms with van der Waals surface area (Å²) in [5.41, 5.74) is 1.30. The van der Waals surface area contributed by atoms with Crippen LogP contribution in [0.4, 0.5) is 0 Å². The summed E-state index contributed by atoms with van der Waals surface area (Å²) in [7, 11) is 0. The second-order valence-electron chi connectivity index (χ2n) is 4.40. The van der Waals surface area contributed by atoms with Crippen LogP contribution in [0.25, 0.3) is 11.4 Å². The molecule has 6 nitrogen and oxygen atoms in total. The van der Waals surface area contributed by atoms with Crippen molar-refractivity contribution < 1.29 is 9.53 Å². The van der Waals surface area contributed by atoms with Gasteiger partial charge in [-0.25, -0.2) is 9.97 Å². The molecule has 0 aromatic carbocycles. The highest BCUT2D eigenvalue weighted by molar-refractivity contribution is 5.93. The van der Waals surface area contributed by atoms with Crippen LogP contribution >= 0.6 is 0 Å². The van der Waals surface area contributed by atoms with Gasteiger partial charge in [0.1, 0.15) is 0 Å². The number of nitrogens with one attached hydrogen (secondary N) is 1. The number of carbonyl (C=O) groups excluding carboxylic acids is 1. The Hall–Kier alpha value is -2.34. The highest BCUT2D eigenvalue weighted by atomic mass is 16.5. The number of carbonyl (C=O) groups is 1. The van der Waals surface area contributed by atoms with Gasteiger partial charge in [-0.3, -0.25) is 9.78 Å². The van der Waals surface area contributed by atoms with Crippen LogP contribution < -0.4 is 5.32 Å². The van der Waals surface area contributed by atoms with Gasteiger partial charge in [0.2, 0.25) is 0 Å². The molecule has 0 saturated heterocycles. The molecular weight excluding hydrogens is 268 g/mol. The van der Waals surface area contributed by atoms with Crippen molar-refractivity contribution in [2.75, 3.05) is 19.8 Å². The number of rotatable bonds is 7. The number of hydrogen-bond donors (Lipinski definition) is 1. The van der Waals surface area contributed by atoms with Crippen molar-refractivity contribution in [3.8, 4) is 11.4 Å². The summed E-state index contributed by atoms with van der Waals surface area (Å²) in [4.78, 5) is 24.2. The van der Waals surface area contributed by atoms with Gasteiger partial charge in [0.25, 0.3) is 5.91 Å². The van der Waals surface area contributed by atoms with Crippen molar-refractivity contribution in [3.63, 3.8) is 0 Å². The second-order valence-corrected chi connectivity index (χ2v) is 4.40. The summed E-state index contributed by atoms with van der Waals surface area (Å²) in [6.07, 6.45) is 7.36. The third kappa shape index (κ3) is 4.61. The molecule has 6 heteroatoms. The Morgan fingerprint density at radius 3 is 2.57 bits per heavy atom. The molecule has 0 radical (unpaired) electrons. The lowest BCUT2D eigenvalue weighted by atomic mass is 10.2. The first kappa shape index (κ1) is 15.1. The van der Waals surface area contributed by atoms with Crippen LogP contribution in [0.15, 0.2) is 36.9 Å². The Bertz CT molecular complexity index is 558. The van der Waals surface area contributed by atoms with Gasteiger partial charge in [0.05, 0.1) is 12.2 Å². The SMILES string of the molecule is CCCOCCNC(=O)c1cnc(-c2ccncc2)nc1. The lowest BCUT2D eigenvalue weighted by Crippen LogP contribution is -2.27. The third-order valence-electron chi connectivity index (χ3n) is 2.73. The number of nitrogens with zero attached hydrogens (tertiary/aromatic N) is 3. The van der Waals surface area contributed by atoms with Crippen molar-refractivity contribution in [2.24, 2.45) is 0 Å². The topological polar surface area (TPSA) is 77.0 Å². The number of ether oxygens (including phenoxy) is 1. The molecule has 0 spiro atoms. The van der Waals surface area contributed by atoms with E-state index in [1.54, 1.807) is 12.4 Å². The lowest BCUT2D eigenvalue weighted by Gasteiger charge is -2.06. The predicted molar refractivity (Wildman–Crippen MR) is 78.7 cm³/mol. The molecule has 2 rings (SSSR count). The van der Waals surface area contributed by atoms with Gasteiger partial charge >= 0.3 is 0 Å². The molecule has 110 valence electrons. The molecule has 0 bridgehead atoms. The van der Waals surface area contributed by atoms with E-state index >= 15 is 0 Å². The van der Waals surface area contributed by atoms with E-state index in [9.17, 15) is 4.79 Å². The third-order valence-corrected chi connectivity index (χ3v) is 2.73. The van der Waals surface area contributed by atoms with E-state index in [0.29, 0.717) is 31.1 Å². The first-order valence-electron chi connectivity index (χ1n) is 6.89. The largest absolute Gasteiger partial charge is 0.380 e. The summed E-state index contributed by atoms with van der Waals surface area (Å²) in [6, 6.07) is 3.64. The number of amides is 1. The van der Waals surface area contributed by atoms with Crippen molar-refractivity contribution in [1.82, 2.24) is 20.3 Å². The quantitative estimate of drug-likeness (QED) is 0.784. The maximum Gasteiger partial charge on any atom is 0.254 e. The van der Waals surface area contributed by atoms with Crippen LogP contribution in [0.5, 0.6) is 0 Å². The highest BCUT2D eigenvalue weighted by Gasteiger charge is 2.07. The molecule has 2 heterocycles. The van der Waals surface area contributed by atoms with E-state index in [1.807, 2.05) is 19.1 Å². The van der Waals surface area contributed by atoms with E-state index in [4.69, 9.17) is 4.74 Å². The smallest absolute Gasteiger partial charge is 0.254 e. The second kappa shape index (κ2) is 8.06. The van der Waals surface area contributed by atoms with Crippen LogP contribution in [0.1, 0.15) is 23.7 Å². The minimum atomic E-state index is -0.198. The van der Waals surface area contributed by atoms with Crippen molar-refractivity contribution >= 4 is 5.91 Å². The first-order chi connectivity index (χ1) is 10.3. The minimum Gasteiger partial charge on any atom is -0.380 e. The van der Waals surface area contributed by atoms with Crippen LogP contribution in [0.3, 0.4) is 0 Å². The summed E-state index contributed by atoms with van der Waals surface area (Å²) in [6.45, 7) is 3.74. The highest BCUT2D eigenvalue weighted by Crippen LogP contribution is 2.12. The Morgan fingerprint density at radius 1 is 1.19 bits per heavy atom. The fourth-order valence-corrected chi connectivity index (χ4v) is 1.68. The Labute approximate surface area is 123 Å². The fraction of sp³-hybridized carbons (Fsp3) is 0.333. The molecule has 0 fully saturated rings. The van der Waals surface area contributed by atoms with Gasteiger partial charge in [-0.05, 0) is 18.6 Å². The molecule has 1 N–H and O–H groups in total. The van der Waals surface area contributed by atoms with Gasteiger partial charge in [-0.15, -0.1) is 0 Å². The van der Waals surface area contributed by atoms with Crippen molar-refractivity contribution in [3.05, 3.63) is 42.5 Å². The Balaban J connectivity index is 1.88. The summed E-state index contributed by atoms with van der Waals surface area (Å²) >= 11 is 0. The summed E-state index contributed by atoms with van der Waals surface area (Å²) in [5.74, 6) is 0.372. The molecule has 0 atom stereocenters. The molecule has 0 aliphatic carbocycles. The number of aromatic nitrogens is 3. The van der Waals surface area contributed by atoms with Gasteiger partial charge < -0.3 is 10.1 Å². The first-order valence-corrected chi connectivity index (χ1v) is 6.89. The fourth-order valence-electron chi connectivity index (χ4n) is 1.68. The number of hydrogen-bond acceptors (Lipinski definition) is 5. The normalized spacial score (nSPS) is 10.3. The van der Waals surface area contributed by atoms with Crippen LogP contribution in [-0.2, 0) is 4.74 Å². The van der Waals surface area contributed by atoms with Crippen LogP contribution in [-0.4, -0.2) is 40.6 Å². The molecule has 2 aromatic heterocycles. The summed E-state index contributed by atoms with van der Waals surface area (Å²) < 4.78 is 5.29. The Morgan fingerprint density at radius 2 is 1.90 bits per heavy atom. The Kier molecular flexibility index (Phi) is 5.78. The predicted octanol–water partition coefficient (Wildman–Crippen LogP) is 1.70. The monoisotopic (exact) mass is 286 g/mol.